The maximum Gasteiger partial charge on any atom is 0.0771 e. The summed E-state index contributed by atoms with van der Waals surface area (Å²) in [6.07, 6.45) is 9.29. The fraction of sp³-hybridized carbons (Fsp3) is 0.667. The topological polar surface area (TPSA) is 32.3 Å². The highest BCUT2D eigenvalue weighted by atomic mass is 79.9. The molecule has 0 atom stereocenters. The van der Waals surface area contributed by atoms with Gasteiger partial charge in [0, 0.05) is 17.1 Å². The molecule has 0 bridgehead atoms. The monoisotopic (exact) mass is 351 g/mol. The molecule has 0 aliphatic heterocycles. The van der Waals surface area contributed by atoms with Crippen molar-refractivity contribution in [1.82, 2.24) is 5.32 Å². The highest BCUT2D eigenvalue weighted by molar-refractivity contribution is 9.10. The third-order valence-electron chi connectivity index (χ3n) is 5.21. The van der Waals surface area contributed by atoms with Crippen molar-refractivity contribution < 1.29 is 5.11 Å². The van der Waals surface area contributed by atoms with E-state index in [1.54, 1.807) is 0 Å². The third-order valence-corrected chi connectivity index (χ3v) is 5.71. The first-order chi connectivity index (χ1) is 10.1. The second kappa shape index (κ2) is 6.80. The highest BCUT2D eigenvalue weighted by Crippen LogP contribution is 2.38. The van der Waals surface area contributed by atoms with Gasteiger partial charge in [0.05, 0.1) is 5.60 Å². The molecular weight excluding hydrogens is 326 g/mol. The van der Waals surface area contributed by atoms with Crippen molar-refractivity contribution in [3.05, 3.63) is 34.3 Å². The van der Waals surface area contributed by atoms with E-state index in [1.165, 1.54) is 48.6 Å². The number of rotatable bonds is 4. The van der Waals surface area contributed by atoms with Crippen LogP contribution in [0.2, 0.25) is 0 Å². The first kappa shape index (κ1) is 15.5. The van der Waals surface area contributed by atoms with Crippen molar-refractivity contribution in [2.75, 3.05) is 6.54 Å². The molecule has 116 valence electrons. The Morgan fingerprint density at radius 1 is 1.14 bits per heavy atom. The molecule has 0 amide bonds. The predicted molar refractivity (Wildman–Crippen MR) is 90.6 cm³/mol. The first-order valence-corrected chi connectivity index (χ1v) is 9.15. The molecule has 0 aromatic heterocycles. The summed E-state index contributed by atoms with van der Waals surface area (Å²) >= 11 is 3.55. The van der Waals surface area contributed by atoms with Gasteiger partial charge < -0.3 is 10.4 Å². The van der Waals surface area contributed by atoms with E-state index >= 15 is 0 Å². The summed E-state index contributed by atoms with van der Waals surface area (Å²) < 4.78 is 1.17. The van der Waals surface area contributed by atoms with Crippen molar-refractivity contribution in [1.29, 1.82) is 0 Å². The lowest BCUT2D eigenvalue weighted by Crippen LogP contribution is -2.48. The number of aliphatic hydroxyl groups is 1. The van der Waals surface area contributed by atoms with Crippen LogP contribution in [0, 0.1) is 0 Å². The van der Waals surface area contributed by atoms with E-state index in [2.05, 4.69) is 45.5 Å². The Kier molecular flexibility index (Phi) is 5.03. The van der Waals surface area contributed by atoms with Gasteiger partial charge in [-0.1, -0.05) is 53.7 Å². The SMILES string of the molecule is OC1(CNC2CC(c3cccc(Br)c3)C2)CCCCCC1. The number of hydrogen-bond acceptors (Lipinski definition) is 2. The van der Waals surface area contributed by atoms with Gasteiger partial charge in [-0.3, -0.25) is 0 Å². The van der Waals surface area contributed by atoms with E-state index in [1.807, 2.05) is 0 Å². The minimum absolute atomic E-state index is 0.447. The molecule has 0 radical (unpaired) electrons. The summed E-state index contributed by atoms with van der Waals surface area (Å²) in [5, 5.41) is 14.3. The average molecular weight is 352 g/mol. The van der Waals surface area contributed by atoms with Gasteiger partial charge in [0.15, 0.2) is 0 Å². The number of halogens is 1. The van der Waals surface area contributed by atoms with Gasteiger partial charge in [0.2, 0.25) is 0 Å². The van der Waals surface area contributed by atoms with E-state index < -0.39 is 5.60 Å². The first-order valence-electron chi connectivity index (χ1n) is 8.36. The minimum Gasteiger partial charge on any atom is -0.389 e. The molecule has 0 unspecified atom stereocenters. The Morgan fingerprint density at radius 2 is 1.86 bits per heavy atom. The van der Waals surface area contributed by atoms with Crippen LogP contribution in [0.4, 0.5) is 0 Å². The molecule has 21 heavy (non-hydrogen) atoms. The molecule has 1 aromatic rings. The van der Waals surface area contributed by atoms with E-state index in [-0.39, 0.29) is 0 Å². The zero-order valence-electron chi connectivity index (χ0n) is 12.7. The highest BCUT2D eigenvalue weighted by Gasteiger charge is 2.33. The summed E-state index contributed by atoms with van der Waals surface area (Å²) in [4.78, 5) is 0. The van der Waals surface area contributed by atoms with Crippen molar-refractivity contribution in [3.63, 3.8) is 0 Å². The van der Waals surface area contributed by atoms with E-state index in [0.717, 1.165) is 19.4 Å². The van der Waals surface area contributed by atoms with Crippen LogP contribution in [0.5, 0.6) is 0 Å². The molecular formula is C18H26BrNO. The van der Waals surface area contributed by atoms with Crippen molar-refractivity contribution in [3.8, 4) is 0 Å². The molecule has 3 rings (SSSR count). The van der Waals surface area contributed by atoms with Gasteiger partial charge in [0.1, 0.15) is 0 Å². The van der Waals surface area contributed by atoms with Crippen LogP contribution in [-0.2, 0) is 0 Å². The summed E-state index contributed by atoms with van der Waals surface area (Å²) in [7, 11) is 0. The largest absolute Gasteiger partial charge is 0.389 e. The van der Waals surface area contributed by atoms with Crippen LogP contribution in [0.1, 0.15) is 62.8 Å². The summed E-state index contributed by atoms with van der Waals surface area (Å²) in [6, 6.07) is 9.25. The average Bonchev–Trinajstić information content (AvgIpc) is 2.62. The van der Waals surface area contributed by atoms with Gasteiger partial charge in [-0.2, -0.15) is 0 Å². The van der Waals surface area contributed by atoms with Crippen LogP contribution in [0.3, 0.4) is 0 Å². The molecule has 3 heteroatoms. The molecule has 2 fully saturated rings. The van der Waals surface area contributed by atoms with Crippen LogP contribution >= 0.6 is 15.9 Å². The van der Waals surface area contributed by atoms with Crippen LogP contribution in [0.25, 0.3) is 0 Å². The molecule has 2 saturated carbocycles. The lowest BCUT2D eigenvalue weighted by molar-refractivity contribution is 0.0192. The van der Waals surface area contributed by atoms with Gasteiger partial charge in [-0.25, -0.2) is 0 Å². The molecule has 1 aromatic carbocycles. The van der Waals surface area contributed by atoms with E-state index in [4.69, 9.17) is 0 Å². The number of benzene rings is 1. The summed E-state index contributed by atoms with van der Waals surface area (Å²) in [6.45, 7) is 0.781. The summed E-state index contributed by atoms with van der Waals surface area (Å²) in [5.74, 6) is 0.684. The molecule has 0 spiro atoms. The zero-order valence-corrected chi connectivity index (χ0v) is 14.2. The lowest BCUT2D eigenvalue weighted by Gasteiger charge is -2.39. The van der Waals surface area contributed by atoms with Crippen LogP contribution in [0.15, 0.2) is 28.7 Å². The second-order valence-electron chi connectivity index (χ2n) is 6.94. The molecule has 2 N–H and O–H groups in total. The number of nitrogens with one attached hydrogen (secondary N) is 1. The Labute approximate surface area is 136 Å². The molecule has 0 saturated heterocycles. The quantitative estimate of drug-likeness (QED) is 0.789. The number of hydrogen-bond donors (Lipinski definition) is 2. The molecule has 2 aliphatic carbocycles. The van der Waals surface area contributed by atoms with Crippen molar-refractivity contribution in [2.24, 2.45) is 0 Å². The maximum atomic E-state index is 10.7. The Balaban J connectivity index is 1.44. The van der Waals surface area contributed by atoms with Gasteiger partial charge in [0.25, 0.3) is 0 Å². The Hall–Kier alpha value is -0.380. The van der Waals surface area contributed by atoms with Gasteiger partial charge in [-0.05, 0) is 49.3 Å². The molecule has 2 aliphatic rings. The van der Waals surface area contributed by atoms with E-state index in [9.17, 15) is 5.11 Å². The van der Waals surface area contributed by atoms with Crippen LogP contribution in [-0.4, -0.2) is 23.3 Å². The van der Waals surface area contributed by atoms with Crippen LogP contribution < -0.4 is 5.32 Å². The fourth-order valence-electron chi connectivity index (χ4n) is 3.71. The maximum absolute atomic E-state index is 10.7. The summed E-state index contributed by atoms with van der Waals surface area (Å²) in [5.41, 5.74) is 0.993. The van der Waals surface area contributed by atoms with Crippen molar-refractivity contribution >= 4 is 15.9 Å². The normalized spacial score (nSPS) is 28.7. The van der Waals surface area contributed by atoms with Gasteiger partial charge in [-0.15, -0.1) is 0 Å². The smallest absolute Gasteiger partial charge is 0.0771 e. The lowest BCUT2D eigenvalue weighted by atomic mass is 9.75. The van der Waals surface area contributed by atoms with E-state index in [0.29, 0.717) is 12.0 Å². The predicted octanol–water partition coefficient (Wildman–Crippen LogP) is 4.37. The Morgan fingerprint density at radius 3 is 2.52 bits per heavy atom. The molecule has 0 heterocycles. The standard InChI is InChI=1S/C18H26BrNO/c19-16-7-5-6-14(10-16)15-11-17(12-15)20-13-18(21)8-3-1-2-4-9-18/h5-7,10,15,17,20-21H,1-4,8-9,11-13H2. The zero-order chi connectivity index (χ0) is 14.7. The fourth-order valence-corrected chi connectivity index (χ4v) is 4.13. The van der Waals surface area contributed by atoms with Crippen molar-refractivity contribution in [2.45, 2.75) is 68.9 Å². The minimum atomic E-state index is -0.447. The van der Waals surface area contributed by atoms with Gasteiger partial charge >= 0.3 is 0 Å². The Bertz CT molecular complexity index is 462. The molecule has 2 nitrogen and oxygen atoms in total. The second-order valence-corrected chi connectivity index (χ2v) is 7.86. The third kappa shape index (κ3) is 4.08.